The highest BCUT2D eigenvalue weighted by molar-refractivity contribution is 5.76. The smallest absolute Gasteiger partial charge is 0.317 e. The van der Waals surface area contributed by atoms with Gasteiger partial charge in [0.15, 0.2) is 0 Å². The van der Waals surface area contributed by atoms with Crippen molar-refractivity contribution in [3.63, 3.8) is 0 Å². The van der Waals surface area contributed by atoms with E-state index >= 15 is 0 Å². The maximum atomic E-state index is 12.9. The monoisotopic (exact) mass is 464 g/mol. The second-order valence-corrected chi connectivity index (χ2v) is 9.62. The van der Waals surface area contributed by atoms with Gasteiger partial charge in [0.05, 0.1) is 37.3 Å². The molecule has 10 heteroatoms. The third-order valence-corrected chi connectivity index (χ3v) is 6.87. The number of aromatic nitrogens is 3. The van der Waals surface area contributed by atoms with Crippen LogP contribution >= 0.6 is 0 Å². The number of hydrogen-bond donors (Lipinski definition) is 2. The van der Waals surface area contributed by atoms with Gasteiger partial charge in [-0.1, -0.05) is 31.4 Å². The van der Waals surface area contributed by atoms with E-state index < -0.39 is 0 Å². The summed E-state index contributed by atoms with van der Waals surface area (Å²) in [6.45, 7) is 5.56. The normalized spacial score (nSPS) is 24.4. The zero-order valence-corrected chi connectivity index (χ0v) is 20.3. The van der Waals surface area contributed by atoms with Crippen molar-refractivity contribution in [2.45, 2.75) is 90.1 Å². The summed E-state index contributed by atoms with van der Waals surface area (Å²) < 4.78 is 8.07. The summed E-state index contributed by atoms with van der Waals surface area (Å²) >= 11 is 0. The van der Waals surface area contributed by atoms with Gasteiger partial charge < -0.3 is 25.0 Å². The van der Waals surface area contributed by atoms with Crippen LogP contribution in [0.2, 0.25) is 0 Å². The van der Waals surface area contributed by atoms with Crippen LogP contribution in [0.4, 0.5) is 4.79 Å². The SMILES string of the molecule is C[C@H]1CN([C@@H](C)CO)C(=O)CCCn2nncc2CO[C@@H]1CN(C)C(=O)NC1CCCCC1. The number of urea groups is 1. The third kappa shape index (κ3) is 7.14. The molecule has 33 heavy (non-hydrogen) atoms. The number of aryl methyl sites for hydroxylation is 1. The van der Waals surface area contributed by atoms with E-state index in [9.17, 15) is 14.7 Å². The fraction of sp³-hybridized carbons (Fsp3) is 0.826. The molecule has 3 rings (SSSR count). The summed E-state index contributed by atoms with van der Waals surface area (Å²) in [6.07, 6.45) is 8.04. The van der Waals surface area contributed by atoms with Crippen molar-refractivity contribution >= 4 is 11.9 Å². The summed E-state index contributed by atoms with van der Waals surface area (Å²) in [5.41, 5.74) is 0.857. The molecule has 3 atom stereocenters. The number of nitrogens with zero attached hydrogens (tertiary/aromatic N) is 5. The van der Waals surface area contributed by atoms with E-state index in [0.29, 0.717) is 39.1 Å². The van der Waals surface area contributed by atoms with Crippen molar-refractivity contribution in [3.8, 4) is 0 Å². The fourth-order valence-electron chi connectivity index (χ4n) is 4.63. The van der Waals surface area contributed by atoms with E-state index in [0.717, 1.165) is 31.4 Å². The van der Waals surface area contributed by atoms with Crippen LogP contribution in [0.25, 0.3) is 0 Å². The Labute approximate surface area is 196 Å². The molecule has 0 spiro atoms. The van der Waals surface area contributed by atoms with Crippen LogP contribution in [-0.2, 0) is 22.7 Å². The Hall–Kier alpha value is -2.20. The van der Waals surface area contributed by atoms with Crippen LogP contribution in [0.5, 0.6) is 0 Å². The van der Waals surface area contributed by atoms with Crippen LogP contribution in [0.1, 0.15) is 64.5 Å². The molecule has 2 aliphatic rings. The van der Waals surface area contributed by atoms with E-state index in [1.165, 1.54) is 6.42 Å². The second kappa shape index (κ2) is 12.3. The second-order valence-electron chi connectivity index (χ2n) is 9.62. The first kappa shape index (κ1) is 25.4. The highest BCUT2D eigenvalue weighted by Crippen LogP contribution is 2.20. The minimum absolute atomic E-state index is 0.00721. The van der Waals surface area contributed by atoms with Gasteiger partial charge in [0.2, 0.25) is 5.91 Å². The van der Waals surface area contributed by atoms with Crippen molar-refractivity contribution in [2.75, 3.05) is 26.7 Å². The topological polar surface area (TPSA) is 113 Å². The third-order valence-electron chi connectivity index (χ3n) is 6.87. The van der Waals surface area contributed by atoms with Gasteiger partial charge in [0.25, 0.3) is 0 Å². The molecule has 0 radical (unpaired) electrons. The lowest BCUT2D eigenvalue weighted by Gasteiger charge is -2.36. The van der Waals surface area contributed by atoms with Crippen molar-refractivity contribution in [1.29, 1.82) is 0 Å². The molecule has 0 bridgehead atoms. The molecule has 1 aliphatic carbocycles. The van der Waals surface area contributed by atoms with Crippen LogP contribution in [0.15, 0.2) is 6.20 Å². The summed E-state index contributed by atoms with van der Waals surface area (Å²) in [4.78, 5) is 29.2. The number of carbonyl (C=O) groups excluding carboxylic acids is 2. The van der Waals surface area contributed by atoms with Crippen LogP contribution in [-0.4, -0.2) is 86.8 Å². The van der Waals surface area contributed by atoms with Crippen molar-refractivity contribution in [2.24, 2.45) is 5.92 Å². The first-order chi connectivity index (χ1) is 15.9. The Kier molecular flexibility index (Phi) is 9.49. The van der Waals surface area contributed by atoms with Crippen molar-refractivity contribution in [3.05, 3.63) is 11.9 Å². The summed E-state index contributed by atoms with van der Waals surface area (Å²) in [7, 11) is 1.79. The predicted molar refractivity (Wildman–Crippen MR) is 123 cm³/mol. The van der Waals surface area contributed by atoms with Gasteiger partial charge in [-0.3, -0.25) is 4.79 Å². The predicted octanol–water partition coefficient (Wildman–Crippen LogP) is 1.78. The number of rotatable bonds is 5. The van der Waals surface area contributed by atoms with E-state index in [1.54, 1.807) is 27.7 Å². The molecule has 1 fully saturated rings. The number of aliphatic hydroxyl groups excluding tert-OH is 1. The molecular weight excluding hydrogens is 424 g/mol. The Morgan fingerprint density at radius 1 is 1.33 bits per heavy atom. The van der Waals surface area contributed by atoms with Gasteiger partial charge in [-0.05, 0) is 26.2 Å². The number of aliphatic hydroxyl groups is 1. The van der Waals surface area contributed by atoms with Gasteiger partial charge in [-0.2, -0.15) is 0 Å². The zero-order chi connectivity index (χ0) is 23.8. The van der Waals surface area contributed by atoms with Crippen LogP contribution < -0.4 is 5.32 Å². The summed E-state index contributed by atoms with van der Waals surface area (Å²) in [5, 5.41) is 21.0. The van der Waals surface area contributed by atoms with Crippen LogP contribution in [0.3, 0.4) is 0 Å². The number of ether oxygens (including phenoxy) is 1. The number of likely N-dealkylation sites (N-methyl/N-ethyl adjacent to an activating group) is 1. The van der Waals surface area contributed by atoms with Gasteiger partial charge in [-0.15, -0.1) is 5.10 Å². The molecule has 1 aromatic heterocycles. The average Bonchev–Trinajstić information content (AvgIpc) is 3.26. The Morgan fingerprint density at radius 3 is 2.82 bits per heavy atom. The minimum atomic E-state index is -0.295. The molecule has 2 N–H and O–H groups in total. The van der Waals surface area contributed by atoms with Crippen molar-refractivity contribution < 1.29 is 19.4 Å². The number of fused-ring (bicyclic) bond motifs is 1. The average molecular weight is 465 g/mol. The maximum absolute atomic E-state index is 12.9. The summed E-state index contributed by atoms with van der Waals surface area (Å²) in [5.74, 6) is -0.0376. The number of hydrogen-bond acceptors (Lipinski definition) is 6. The molecular formula is C23H40N6O4. The van der Waals surface area contributed by atoms with Gasteiger partial charge >= 0.3 is 6.03 Å². The molecule has 1 aliphatic heterocycles. The van der Waals surface area contributed by atoms with E-state index in [1.807, 2.05) is 13.8 Å². The Bertz CT molecular complexity index is 766. The van der Waals surface area contributed by atoms with Crippen LogP contribution in [0, 0.1) is 5.92 Å². The van der Waals surface area contributed by atoms with Crippen molar-refractivity contribution in [1.82, 2.24) is 30.1 Å². The Morgan fingerprint density at radius 2 is 2.09 bits per heavy atom. The van der Waals surface area contributed by atoms with Gasteiger partial charge in [0.1, 0.15) is 0 Å². The van der Waals surface area contributed by atoms with Gasteiger partial charge in [0, 0.05) is 45.1 Å². The molecule has 1 aromatic rings. The lowest BCUT2D eigenvalue weighted by molar-refractivity contribution is -0.136. The van der Waals surface area contributed by atoms with E-state index in [2.05, 4.69) is 15.6 Å². The highest BCUT2D eigenvalue weighted by atomic mass is 16.5. The maximum Gasteiger partial charge on any atom is 0.317 e. The first-order valence-electron chi connectivity index (χ1n) is 12.3. The summed E-state index contributed by atoms with van der Waals surface area (Å²) in [6, 6.07) is -0.132. The van der Waals surface area contributed by atoms with E-state index in [4.69, 9.17) is 4.74 Å². The van der Waals surface area contributed by atoms with Gasteiger partial charge in [-0.25, -0.2) is 9.48 Å². The zero-order valence-electron chi connectivity index (χ0n) is 20.3. The number of carbonyl (C=O) groups is 2. The Balaban J connectivity index is 1.72. The largest absolute Gasteiger partial charge is 0.394 e. The minimum Gasteiger partial charge on any atom is -0.394 e. The standard InChI is InChI=1S/C23H40N6O4/c1-17-13-28(18(2)15-30)22(31)10-7-11-29-20(12-24-26-29)16-33-21(17)14-27(3)23(32)25-19-8-5-4-6-9-19/h12,17-19,21,30H,4-11,13-16H2,1-3H3,(H,25,32)/t17-,18-,21+/m0/s1. The van der Waals surface area contributed by atoms with E-state index in [-0.39, 0.29) is 42.7 Å². The molecule has 1 saturated carbocycles. The first-order valence-corrected chi connectivity index (χ1v) is 12.3. The molecule has 2 heterocycles. The highest BCUT2D eigenvalue weighted by Gasteiger charge is 2.29. The molecule has 0 saturated heterocycles. The molecule has 0 unspecified atom stereocenters. The number of amides is 3. The molecule has 3 amide bonds. The lowest BCUT2D eigenvalue weighted by atomic mass is 9.96. The quantitative estimate of drug-likeness (QED) is 0.687. The molecule has 0 aromatic carbocycles. The lowest BCUT2D eigenvalue weighted by Crippen LogP contribution is -2.50. The number of nitrogens with one attached hydrogen (secondary N) is 1. The molecule has 186 valence electrons. The molecule has 10 nitrogen and oxygen atoms in total. The fourth-order valence-corrected chi connectivity index (χ4v) is 4.63.